The van der Waals surface area contributed by atoms with Gasteiger partial charge >= 0.3 is 0 Å². The fraction of sp³-hybridized carbons (Fsp3) is 0.633. The molecule has 9 heteroatoms. The highest BCUT2D eigenvalue weighted by atomic mass is 35.5. The average Bonchev–Trinajstić information content (AvgIpc) is 3.59. The van der Waals surface area contributed by atoms with Gasteiger partial charge in [0.25, 0.3) is 0 Å². The summed E-state index contributed by atoms with van der Waals surface area (Å²) in [4.78, 5) is 18.1. The van der Waals surface area contributed by atoms with Crippen molar-refractivity contribution >= 4 is 27.5 Å². The maximum Gasteiger partial charge on any atom is 0.243 e. The highest BCUT2D eigenvalue weighted by molar-refractivity contribution is 7.89. The van der Waals surface area contributed by atoms with E-state index in [1.54, 1.807) is 23.4 Å². The molecule has 1 aromatic carbocycles. The molecular formula is C30H43ClN4O3S. The number of carbonyl (C=O) groups is 1. The zero-order valence-electron chi connectivity index (χ0n) is 23.5. The number of rotatable bonds is 9. The maximum atomic E-state index is 13.7. The summed E-state index contributed by atoms with van der Waals surface area (Å²) in [5, 5.41) is 0.578. The highest BCUT2D eigenvalue weighted by Crippen LogP contribution is 2.32. The van der Waals surface area contributed by atoms with E-state index in [0.29, 0.717) is 41.4 Å². The van der Waals surface area contributed by atoms with Crippen LogP contribution in [0.3, 0.4) is 0 Å². The van der Waals surface area contributed by atoms with Crippen molar-refractivity contribution in [1.82, 2.24) is 18.7 Å². The number of nitrogens with zero attached hydrogens (tertiary/aromatic N) is 4. The first-order chi connectivity index (χ1) is 18.7. The van der Waals surface area contributed by atoms with Crippen LogP contribution < -0.4 is 0 Å². The van der Waals surface area contributed by atoms with E-state index in [0.717, 1.165) is 44.3 Å². The smallest absolute Gasteiger partial charge is 0.243 e. The summed E-state index contributed by atoms with van der Waals surface area (Å²) >= 11 is 6.23. The zero-order chi connectivity index (χ0) is 27.6. The zero-order valence-corrected chi connectivity index (χ0v) is 25.1. The van der Waals surface area contributed by atoms with Crippen molar-refractivity contribution in [3.63, 3.8) is 0 Å². The van der Waals surface area contributed by atoms with Crippen LogP contribution in [-0.2, 0) is 34.3 Å². The van der Waals surface area contributed by atoms with Gasteiger partial charge in [-0.25, -0.2) is 8.42 Å². The molecule has 2 aromatic rings. The number of amides is 1. The topological polar surface area (TPSA) is 65.9 Å². The molecule has 214 valence electrons. The van der Waals surface area contributed by atoms with E-state index in [9.17, 15) is 13.2 Å². The minimum absolute atomic E-state index is 0.125. The number of hydrogen-bond donors (Lipinski definition) is 0. The van der Waals surface area contributed by atoms with E-state index in [1.165, 1.54) is 50.3 Å². The molecule has 1 amide bonds. The van der Waals surface area contributed by atoms with Crippen LogP contribution in [0.2, 0.25) is 5.02 Å². The quantitative estimate of drug-likeness (QED) is 0.415. The second-order valence-electron chi connectivity index (χ2n) is 11.6. The lowest BCUT2D eigenvalue weighted by molar-refractivity contribution is -0.133. The molecule has 39 heavy (non-hydrogen) atoms. The minimum atomic E-state index is -3.66. The van der Waals surface area contributed by atoms with E-state index in [4.69, 9.17) is 11.6 Å². The van der Waals surface area contributed by atoms with E-state index < -0.39 is 10.0 Å². The van der Waals surface area contributed by atoms with Gasteiger partial charge in [-0.05, 0) is 114 Å². The first kappa shape index (κ1) is 28.7. The summed E-state index contributed by atoms with van der Waals surface area (Å²) in [6, 6.07) is 7.68. The number of fused-ring (bicyclic) bond motifs is 1. The Morgan fingerprint density at radius 3 is 2.54 bits per heavy atom. The normalized spacial score (nSPS) is 20.9. The Morgan fingerprint density at radius 1 is 0.974 bits per heavy atom. The van der Waals surface area contributed by atoms with Crippen LogP contribution in [0.4, 0.5) is 0 Å². The Hall–Kier alpha value is -1.87. The lowest BCUT2D eigenvalue weighted by atomic mass is 10.00. The van der Waals surface area contributed by atoms with Gasteiger partial charge in [-0.3, -0.25) is 4.79 Å². The van der Waals surface area contributed by atoms with Crippen molar-refractivity contribution in [2.24, 2.45) is 0 Å². The van der Waals surface area contributed by atoms with E-state index >= 15 is 0 Å². The number of benzene rings is 1. The Balaban J connectivity index is 1.17. The lowest BCUT2D eigenvalue weighted by Crippen LogP contribution is -2.45. The van der Waals surface area contributed by atoms with Crippen molar-refractivity contribution in [3.8, 4) is 0 Å². The molecule has 1 aromatic heterocycles. The van der Waals surface area contributed by atoms with Crippen LogP contribution in [0, 0.1) is 13.8 Å². The lowest BCUT2D eigenvalue weighted by Gasteiger charge is -2.36. The first-order valence-corrected chi connectivity index (χ1v) is 16.5. The van der Waals surface area contributed by atoms with Crippen LogP contribution in [0.1, 0.15) is 73.9 Å². The Bertz CT molecular complexity index is 1290. The number of carbonyl (C=O) groups excluding carboxylic acids is 1. The second-order valence-corrected chi connectivity index (χ2v) is 13.9. The van der Waals surface area contributed by atoms with Gasteiger partial charge in [-0.1, -0.05) is 18.0 Å². The molecule has 0 bridgehead atoms. The average molecular weight is 575 g/mol. The Labute approximate surface area is 239 Å². The molecule has 0 spiro atoms. The summed E-state index contributed by atoms with van der Waals surface area (Å²) in [6.45, 7) is 9.99. The van der Waals surface area contributed by atoms with Crippen molar-refractivity contribution < 1.29 is 13.2 Å². The fourth-order valence-electron chi connectivity index (χ4n) is 6.58. The number of piperidine rings is 1. The van der Waals surface area contributed by atoms with Crippen molar-refractivity contribution in [3.05, 3.63) is 51.8 Å². The second kappa shape index (κ2) is 12.3. The van der Waals surface area contributed by atoms with Crippen LogP contribution >= 0.6 is 11.6 Å². The summed E-state index contributed by atoms with van der Waals surface area (Å²) in [5.74, 6) is 0.125. The van der Waals surface area contributed by atoms with Gasteiger partial charge in [0.05, 0.1) is 11.4 Å². The van der Waals surface area contributed by atoms with Gasteiger partial charge in [-0.2, -0.15) is 4.31 Å². The molecule has 2 fully saturated rings. The molecule has 5 rings (SSSR count). The van der Waals surface area contributed by atoms with Gasteiger partial charge in [0.15, 0.2) is 0 Å². The molecular weight excluding hydrogens is 532 g/mol. The number of halogens is 1. The van der Waals surface area contributed by atoms with Gasteiger partial charge in [0, 0.05) is 48.5 Å². The number of sulfonamides is 1. The molecule has 0 radical (unpaired) electrons. The molecule has 0 saturated carbocycles. The number of aromatic nitrogens is 1. The number of likely N-dealkylation sites (tertiary alicyclic amines) is 1. The maximum absolute atomic E-state index is 13.7. The minimum Gasteiger partial charge on any atom is -0.345 e. The standard InChI is InChI=1S/C30H43ClN4O3S/c1-23-21-29(24(2)20-28(23)31)39(37,38)35-17-4-3-8-26(35)12-13-30(36)33-18-19-34-25(10-11-27(34)22-33)9-7-16-32-14-5-6-15-32/h10-11,20-21,26H,3-9,12-19,22H2,1-2H3. The van der Waals surface area contributed by atoms with Crippen molar-refractivity contribution in [2.75, 3.05) is 32.7 Å². The van der Waals surface area contributed by atoms with Crippen LogP contribution in [-0.4, -0.2) is 71.8 Å². The predicted octanol–water partition coefficient (Wildman–Crippen LogP) is 5.15. The number of aryl methyl sites for hydroxylation is 3. The van der Waals surface area contributed by atoms with E-state index in [1.807, 2.05) is 11.8 Å². The summed E-state index contributed by atoms with van der Waals surface area (Å²) in [5.41, 5.74) is 4.01. The van der Waals surface area contributed by atoms with Crippen molar-refractivity contribution in [2.45, 2.75) is 95.7 Å². The molecule has 1 unspecified atom stereocenters. The molecule has 0 N–H and O–H groups in total. The van der Waals surface area contributed by atoms with E-state index in [-0.39, 0.29) is 11.9 Å². The Kier molecular flexibility index (Phi) is 9.06. The van der Waals surface area contributed by atoms with Gasteiger partial charge in [0.2, 0.25) is 15.9 Å². The van der Waals surface area contributed by atoms with Gasteiger partial charge < -0.3 is 14.4 Å². The van der Waals surface area contributed by atoms with Crippen molar-refractivity contribution in [1.29, 1.82) is 0 Å². The third kappa shape index (κ3) is 6.39. The summed E-state index contributed by atoms with van der Waals surface area (Å²) in [7, 11) is -3.66. The van der Waals surface area contributed by atoms with Gasteiger partial charge in [0.1, 0.15) is 0 Å². The monoisotopic (exact) mass is 574 g/mol. The first-order valence-electron chi connectivity index (χ1n) is 14.7. The third-order valence-corrected chi connectivity index (χ3v) is 11.4. The fourth-order valence-corrected chi connectivity index (χ4v) is 8.82. The molecule has 3 aliphatic heterocycles. The predicted molar refractivity (Wildman–Crippen MR) is 156 cm³/mol. The van der Waals surface area contributed by atoms with Crippen LogP contribution in [0.15, 0.2) is 29.2 Å². The van der Waals surface area contributed by atoms with Crippen LogP contribution in [0.25, 0.3) is 0 Å². The highest BCUT2D eigenvalue weighted by Gasteiger charge is 2.35. The molecule has 0 aliphatic carbocycles. The SMILES string of the molecule is Cc1cc(S(=O)(=O)N2CCCCC2CCC(=O)N2CCn3c(CCCN4CCCC4)ccc3C2)c(C)cc1Cl. The van der Waals surface area contributed by atoms with E-state index in [2.05, 4.69) is 21.6 Å². The number of hydrogen-bond acceptors (Lipinski definition) is 4. The summed E-state index contributed by atoms with van der Waals surface area (Å²) in [6.07, 6.45) is 8.50. The largest absolute Gasteiger partial charge is 0.345 e. The third-order valence-electron chi connectivity index (χ3n) is 8.87. The molecule has 7 nitrogen and oxygen atoms in total. The Morgan fingerprint density at radius 2 is 1.74 bits per heavy atom. The van der Waals surface area contributed by atoms with Crippen LogP contribution in [0.5, 0.6) is 0 Å². The molecule has 2 saturated heterocycles. The molecule has 3 aliphatic rings. The summed E-state index contributed by atoms with van der Waals surface area (Å²) < 4.78 is 31.4. The molecule has 4 heterocycles. The molecule has 1 atom stereocenters. The van der Waals surface area contributed by atoms with Gasteiger partial charge in [-0.15, -0.1) is 0 Å².